The topological polar surface area (TPSA) is 61.1 Å². The molecular weight excluding hydrogens is 264 g/mol. The summed E-state index contributed by atoms with van der Waals surface area (Å²) in [5, 5.41) is 18.8. The third-order valence-electron chi connectivity index (χ3n) is 3.04. The maximum atomic E-state index is 13.9. The van der Waals surface area contributed by atoms with Crippen LogP contribution in [0, 0.1) is 23.0 Å². The summed E-state index contributed by atoms with van der Waals surface area (Å²) in [7, 11) is 0. The molecule has 20 heavy (non-hydrogen) atoms. The van der Waals surface area contributed by atoms with Gasteiger partial charge in [0, 0.05) is 5.56 Å². The van der Waals surface area contributed by atoms with Crippen molar-refractivity contribution in [3.63, 3.8) is 0 Å². The standard InChI is InChI=1S/C15H9F2NO2/c16-11-7-5-10(6-8-11)15(9-18,14(19)20)12-3-1-2-4-13(12)17/h1-8H,(H,19,20). The number of carbonyl (C=O) groups is 1. The fraction of sp³-hybridized carbons (Fsp3) is 0.0667. The lowest BCUT2D eigenvalue weighted by Gasteiger charge is -2.23. The summed E-state index contributed by atoms with van der Waals surface area (Å²) in [5.41, 5.74) is -2.49. The number of aliphatic carboxylic acids is 1. The second kappa shape index (κ2) is 5.10. The van der Waals surface area contributed by atoms with Crippen LogP contribution in [0.4, 0.5) is 8.78 Å². The zero-order valence-electron chi connectivity index (χ0n) is 10.2. The second-order valence-corrected chi connectivity index (χ2v) is 4.15. The predicted molar refractivity (Wildman–Crippen MR) is 66.8 cm³/mol. The number of halogens is 2. The van der Waals surface area contributed by atoms with Gasteiger partial charge < -0.3 is 5.11 Å². The molecule has 0 spiro atoms. The average molecular weight is 273 g/mol. The van der Waals surface area contributed by atoms with Crippen molar-refractivity contribution in [3.8, 4) is 6.07 Å². The normalized spacial score (nSPS) is 13.2. The van der Waals surface area contributed by atoms with E-state index in [1.165, 1.54) is 30.3 Å². The Bertz CT molecular complexity index is 692. The van der Waals surface area contributed by atoms with Crippen LogP contribution in [0.25, 0.3) is 0 Å². The highest BCUT2D eigenvalue weighted by atomic mass is 19.1. The van der Waals surface area contributed by atoms with E-state index in [0.29, 0.717) is 0 Å². The van der Waals surface area contributed by atoms with Crippen LogP contribution in [0.2, 0.25) is 0 Å². The fourth-order valence-electron chi connectivity index (χ4n) is 2.03. The SMILES string of the molecule is N#CC(C(=O)O)(c1ccc(F)cc1)c1ccccc1F. The Morgan fingerprint density at radius 1 is 1.10 bits per heavy atom. The van der Waals surface area contributed by atoms with E-state index in [2.05, 4.69) is 0 Å². The molecule has 0 aliphatic heterocycles. The quantitative estimate of drug-likeness (QED) is 0.935. The number of nitrogens with zero attached hydrogens (tertiary/aromatic N) is 1. The molecule has 0 saturated heterocycles. The first-order chi connectivity index (χ1) is 9.52. The van der Waals surface area contributed by atoms with Crippen molar-refractivity contribution in [1.29, 1.82) is 5.26 Å². The number of hydrogen-bond acceptors (Lipinski definition) is 2. The van der Waals surface area contributed by atoms with Crippen molar-refractivity contribution in [3.05, 3.63) is 71.3 Å². The minimum absolute atomic E-state index is 0.000926. The van der Waals surface area contributed by atoms with Crippen molar-refractivity contribution < 1.29 is 18.7 Å². The fourth-order valence-corrected chi connectivity index (χ4v) is 2.03. The molecule has 2 aromatic carbocycles. The van der Waals surface area contributed by atoms with Crippen LogP contribution in [-0.4, -0.2) is 11.1 Å². The number of carboxylic acids is 1. The Morgan fingerprint density at radius 3 is 2.20 bits per heavy atom. The highest BCUT2D eigenvalue weighted by Gasteiger charge is 2.44. The van der Waals surface area contributed by atoms with Gasteiger partial charge in [0.2, 0.25) is 5.41 Å². The lowest BCUT2D eigenvalue weighted by molar-refractivity contribution is -0.140. The predicted octanol–water partition coefficient (Wildman–Crippen LogP) is 2.86. The smallest absolute Gasteiger partial charge is 0.333 e. The van der Waals surface area contributed by atoms with E-state index < -0.39 is 23.0 Å². The van der Waals surface area contributed by atoms with Crippen molar-refractivity contribution in [2.75, 3.05) is 0 Å². The van der Waals surface area contributed by atoms with Crippen LogP contribution in [0.1, 0.15) is 11.1 Å². The average Bonchev–Trinajstić information content (AvgIpc) is 2.43. The maximum Gasteiger partial charge on any atom is 0.333 e. The van der Waals surface area contributed by atoms with E-state index in [4.69, 9.17) is 0 Å². The minimum Gasteiger partial charge on any atom is -0.480 e. The van der Waals surface area contributed by atoms with Crippen LogP contribution in [0.15, 0.2) is 48.5 Å². The molecule has 0 heterocycles. The van der Waals surface area contributed by atoms with Gasteiger partial charge in [0.15, 0.2) is 0 Å². The molecule has 0 aliphatic rings. The molecule has 0 aliphatic carbocycles. The molecule has 0 aromatic heterocycles. The van der Waals surface area contributed by atoms with E-state index in [1.54, 1.807) is 6.07 Å². The molecule has 0 amide bonds. The van der Waals surface area contributed by atoms with Gasteiger partial charge in [-0.2, -0.15) is 5.26 Å². The van der Waals surface area contributed by atoms with Crippen molar-refractivity contribution in [2.45, 2.75) is 5.41 Å². The number of hydrogen-bond donors (Lipinski definition) is 1. The Balaban J connectivity index is 2.76. The molecule has 2 aromatic rings. The van der Waals surface area contributed by atoms with Crippen molar-refractivity contribution >= 4 is 5.97 Å². The van der Waals surface area contributed by atoms with Crippen LogP contribution in [-0.2, 0) is 10.2 Å². The summed E-state index contributed by atoms with van der Waals surface area (Å²) < 4.78 is 26.9. The summed E-state index contributed by atoms with van der Waals surface area (Å²) in [4.78, 5) is 11.6. The van der Waals surface area contributed by atoms with E-state index >= 15 is 0 Å². The van der Waals surface area contributed by atoms with Crippen molar-refractivity contribution in [2.24, 2.45) is 0 Å². The summed E-state index contributed by atoms with van der Waals surface area (Å²) in [5.74, 6) is -2.89. The first kappa shape index (κ1) is 13.7. The number of carboxylic acid groups (broad SMARTS) is 1. The first-order valence-corrected chi connectivity index (χ1v) is 5.68. The Morgan fingerprint density at radius 2 is 1.70 bits per heavy atom. The molecule has 3 nitrogen and oxygen atoms in total. The van der Waals surface area contributed by atoms with Gasteiger partial charge in [-0.25, -0.2) is 13.6 Å². The number of benzene rings is 2. The lowest BCUT2D eigenvalue weighted by Crippen LogP contribution is -2.36. The molecule has 0 radical (unpaired) electrons. The third kappa shape index (κ3) is 2.01. The van der Waals surface area contributed by atoms with Crippen LogP contribution in [0.3, 0.4) is 0 Å². The van der Waals surface area contributed by atoms with Gasteiger partial charge in [-0.05, 0) is 23.8 Å². The molecule has 2 rings (SSSR count). The zero-order chi connectivity index (χ0) is 14.8. The highest BCUT2D eigenvalue weighted by molar-refractivity contribution is 5.90. The summed E-state index contributed by atoms with van der Waals surface area (Å²) in [6.07, 6.45) is 0. The molecule has 100 valence electrons. The molecule has 5 heteroatoms. The van der Waals surface area contributed by atoms with Gasteiger partial charge in [-0.15, -0.1) is 0 Å². The van der Waals surface area contributed by atoms with Crippen LogP contribution >= 0.6 is 0 Å². The molecular formula is C15H9F2NO2. The summed E-state index contributed by atoms with van der Waals surface area (Å²) in [6, 6.07) is 11.2. The Kier molecular flexibility index (Phi) is 3.49. The van der Waals surface area contributed by atoms with Gasteiger partial charge in [0.25, 0.3) is 0 Å². The molecule has 1 atom stereocenters. The van der Waals surface area contributed by atoms with Crippen LogP contribution in [0.5, 0.6) is 0 Å². The van der Waals surface area contributed by atoms with Gasteiger partial charge in [-0.1, -0.05) is 30.3 Å². The zero-order valence-corrected chi connectivity index (χ0v) is 10.2. The van der Waals surface area contributed by atoms with E-state index in [1.807, 2.05) is 0 Å². The van der Waals surface area contributed by atoms with Gasteiger partial charge in [0.1, 0.15) is 11.6 Å². The highest BCUT2D eigenvalue weighted by Crippen LogP contribution is 2.34. The largest absolute Gasteiger partial charge is 0.480 e. The Labute approximate surface area is 113 Å². The lowest BCUT2D eigenvalue weighted by atomic mass is 9.75. The van der Waals surface area contributed by atoms with Crippen molar-refractivity contribution in [1.82, 2.24) is 0 Å². The summed E-state index contributed by atoms with van der Waals surface area (Å²) >= 11 is 0. The maximum absolute atomic E-state index is 13.9. The van der Waals surface area contributed by atoms with Gasteiger partial charge in [-0.3, -0.25) is 0 Å². The van der Waals surface area contributed by atoms with Gasteiger partial charge >= 0.3 is 5.97 Å². The first-order valence-electron chi connectivity index (χ1n) is 5.68. The second-order valence-electron chi connectivity index (χ2n) is 4.15. The van der Waals surface area contributed by atoms with Crippen LogP contribution < -0.4 is 0 Å². The third-order valence-corrected chi connectivity index (χ3v) is 3.04. The van der Waals surface area contributed by atoms with Gasteiger partial charge in [0.05, 0.1) is 6.07 Å². The minimum atomic E-state index is -2.21. The number of nitriles is 1. The van der Waals surface area contributed by atoms with E-state index in [-0.39, 0.29) is 11.1 Å². The van der Waals surface area contributed by atoms with E-state index in [9.17, 15) is 23.9 Å². The molecule has 0 saturated carbocycles. The molecule has 0 fully saturated rings. The summed E-state index contributed by atoms with van der Waals surface area (Å²) in [6.45, 7) is 0. The monoisotopic (exact) mass is 273 g/mol. The molecule has 1 unspecified atom stereocenters. The number of rotatable bonds is 3. The molecule has 0 bridgehead atoms. The Hall–Kier alpha value is -2.74. The van der Waals surface area contributed by atoms with E-state index in [0.717, 1.165) is 18.2 Å². The molecule has 1 N–H and O–H groups in total.